The van der Waals surface area contributed by atoms with E-state index in [0.29, 0.717) is 0 Å². The van der Waals surface area contributed by atoms with Gasteiger partial charge in [-0.25, -0.2) is 9.97 Å². The van der Waals surface area contributed by atoms with Crippen molar-refractivity contribution in [3.63, 3.8) is 0 Å². The summed E-state index contributed by atoms with van der Waals surface area (Å²) in [5.74, 6) is 1.68. The van der Waals surface area contributed by atoms with Gasteiger partial charge in [0.2, 0.25) is 0 Å². The fourth-order valence-corrected chi connectivity index (χ4v) is 1.32. The second-order valence-electron chi connectivity index (χ2n) is 3.44. The molecule has 14 heavy (non-hydrogen) atoms. The first-order chi connectivity index (χ1) is 6.58. The van der Waals surface area contributed by atoms with Crippen molar-refractivity contribution in [2.45, 2.75) is 32.6 Å². The van der Waals surface area contributed by atoms with Crippen molar-refractivity contribution in [2.75, 3.05) is 11.9 Å². The van der Waals surface area contributed by atoms with Crippen LogP contribution in [0.1, 0.15) is 24.9 Å². The van der Waals surface area contributed by atoms with Crippen molar-refractivity contribution in [2.24, 2.45) is 0 Å². The zero-order valence-electron chi connectivity index (χ0n) is 8.84. The number of hydrogen-bond donors (Lipinski definition) is 1. The molecule has 1 rings (SSSR count). The molecule has 0 aromatic carbocycles. The van der Waals surface area contributed by atoms with Crippen LogP contribution in [0.15, 0.2) is 6.07 Å². The number of nitrogens with zero attached hydrogens (tertiary/aromatic N) is 2. The molecule has 0 fully saturated rings. The summed E-state index contributed by atoms with van der Waals surface area (Å²) in [5.41, 5.74) is 0.985. The van der Waals surface area contributed by atoms with Crippen LogP contribution in [-0.4, -0.2) is 21.9 Å². The molecular weight excluding hydrogens is 198 g/mol. The molecule has 0 amide bonds. The van der Waals surface area contributed by atoms with Gasteiger partial charge in [-0.05, 0) is 27.2 Å². The normalized spacial score (nSPS) is 12.6. The minimum absolute atomic E-state index is 0.200. The molecule has 1 aromatic rings. The second-order valence-corrected chi connectivity index (χ2v) is 4.18. The number of aryl methyl sites for hydroxylation is 2. The highest BCUT2D eigenvalue weighted by Gasteiger charge is 1.99. The number of rotatable bonds is 4. The van der Waals surface area contributed by atoms with Gasteiger partial charge in [0, 0.05) is 23.7 Å². The molecule has 0 saturated heterocycles. The molecule has 1 N–H and O–H groups in total. The van der Waals surface area contributed by atoms with Gasteiger partial charge < -0.3 is 5.32 Å². The number of hydrogen-bond acceptors (Lipinski definition) is 3. The third-order valence-corrected chi connectivity index (χ3v) is 2.03. The summed E-state index contributed by atoms with van der Waals surface area (Å²) >= 11 is 5.83. The fraction of sp³-hybridized carbons (Fsp3) is 0.600. The van der Waals surface area contributed by atoms with Crippen molar-refractivity contribution < 1.29 is 0 Å². The molecular formula is C10H16ClN3. The van der Waals surface area contributed by atoms with Gasteiger partial charge in [-0.1, -0.05) is 0 Å². The van der Waals surface area contributed by atoms with E-state index in [1.807, 2.05) is 26.8 Å². The maximum Gasteiger partial charge on any atom is 0.129 e. The molecule has 78 valence electrons. The van der Waals surface area contributed by atoms with Gasteiger partial charge in [0.1, 0.15) is 11.6 Å². The molecule has 1 aromatic heterocycles. The number of anilines is 1. The lowest BCUT2D eigenvalue weighted by atomic mass is 10.3. The van der Waals surface area contributed by atoms with E-state index in [1.54, 1.807) is 0 Å². The Bertz CT molecular complexity index is 279. The Morgan fingerprint density at radius 2 is 2.14 bits per heavy atom. The SMILES string of the molecule is Cc1cc(NCCC(C)Cl)nc(C)n1. The Labute approximate surface area is 89.9 Å². The highest BCUT2D eigenvalue weighted by Crippen LogP contribution is 2.06. The van der Waals surface area contributed by atoms with Crippen molar-refractivity contribution in [3.8, 4) is 0 Å². The number of nitrogens with one attached hydrogen (secondary N) is 1. The number of halogens is 1. The monoisotopic (exact) mass is 213 g/mol. The van der Waals surface area contributed by atoms with E-state index in [2.05, 4.69) is 15.3 Å². The van der Waals surface area contributed by atoms with Crippen LogP contribution >= 0.6 is 11.6 Å². The lowest BCUT2D eigenvalue weighted by molar-refractivity contribution is 0.836. The summed E-state index contributed by atoms with van der Waals surface area (Å²) in [6.07, 6.45) is 0.934. The maximum absolute atomic E-state index is 5.83. The predicted molar refractivity (Wildman–Crippen MR) is 59.9 cm³/mol. The molecule has 4 heteroatoms. The molecule has 0 aliphatic rings. The van der Waals surface area contributed by atoms with Crippen LogP contribution in [0.2, 0.25) is 0 Å². The van der Waals surface area contributed by atoms with E-state index in [4.69, 9.17) is 11.6 Å². The molecule has 0 aliphatic heterocycles. The van der Waals surface area contributed by atoms with Gasteiger partial charge >= 0.3 is 0 Å². The summed E-state index contributed by atoms with van der Waals surface area (Å²) < 4.78 is 0. The molecule has 1 unspecified atom stereocenters. The molecule has 0 saturated carbocycles. The minimum Gasteiger partial charge on any atom is -0.370 e. The van der Waals surface area contributed by atoms with Gasteiger partial charge in [0.05, 0.1) is 0 Å². The van der Waals surface area contributed by atoms with Gasteiger partial charge in [-0.3, -0.25) is 0 Å². The first kappa shape index (κ1) is 11.2. The van der Waals surface area contributed by atoms with Crippen LogP contribution in [0, 0.1) is 13.8 Å². The maximum atomic E-state index is 5.83. The van der Waals surface area contributed by atoms with Crippen molar-refractivity contribution >= 4 is 17.4 Å². The van der Waals surface area contributed by atoms with E-state index in [0.717, 1.165) is 30.3 Å². The average molecular weight is 214 g/mol. The molecule has 0 aliphatic carbocycles. The molecule has 0 radical (unpaired) electrons. The summed E-state index contributed by atoms with van der Waals surface area (Å²) in [7, 11) is 0. The molecule has 0 bridgehead atoms. The van der Waals surface area contributed by atoms with Crippen LogP contribution in [0.3, 0.4) is 0 Å². The lowest BCUT2D eigenvalue weighted by Crippen LogP contribution is -2.08. The molecule has 1 heterocycles. The van der Waals surface area contributed by atoms with Gasteiger partial charge in [0.25, 0.3) is 0 Å². The van der Waals surface area contributed by atoms with Gasteiger partial charge in [0.15, 0.2) is 0 Å². The van der Waals surface area contributed by atoms with Gasteiger partial charge in [-0.2, -0.15) is 0 Å². The highest BCUT2D eigenvalue weighted by molar-refractivity contribution is 6.20. The van der Waals surface area contributed by atoms with Crippen LogP contribution in [0.4, 0.5) is 5.82 Å². The summed E-state index contributed by atoms with van der Waals surface area (Å²) in [4.78, 5) is 8.47. The smallest absolute Gasteiger partial charge is 0.129 e. The van der Waals surface area contributed by atoms with Crippen molar-refractivity contribution in [1.82, 2.24) is 9.97 Å². The zero-order valence-corrected chi connectivity index (χ0v) is 9.60. The Hall–Kier alpha value is -0.830. The van der Waals surface area contributed by atoms with Crippen LogP contribution < -0.4 is 5.32 Å². The number of aromatic nitrogens is 2. The average Bonchev–Trinajstić information content (AvgIpc) is 2.01. The van der Waals surface area contributed by atoms with E-state index >= 15 is 0 Å². The highest BCUT2D eigenvalue weighted by atomic mass is 35.5. The fourth-order valence-electron chi connectivity index (χ4n) is 1.21. The largest absolute Gasteiger partial charge is 0.370 e. The second kappa shape index (κ2) is 5.15. The third kappa shape index (κ3) is 3.92. The first-order valence-electron chi connectivity index (χ1n) is 4.78. The Morgan fingerprint density at radius 3 is 2.71 bits per heavy atom. The summed E-state index contributed by atoms with van der Waals surface area (Å²) in [6.45, 7) is 6.69. The first-order valence-corrected chi connectivity index (χ1v) is 5.22. The van der Waals surface area contributed by atoms with Crippen LogP contribution in [0.25, 0.3) is 0 Å². The molecule has 3 nitrogen and oxygen atoms in total. The Balaban J connectivity index is 2.50. The number of alkyl halides is 1. The molecule has 1 atom stereocenters. The standard InChI is InChI=1S/C10H16ClN3/c1-7(11)4-5-12-10-6-8(2)13-9(3)14-10/h6-7H,4-5H2,1-3H3,(H,12,13,14). The van der Waals surface area contributed by atoms with Crippen LogP contribution in [-0.2, 0) is 0 Å². The zero-order chi connectivity index (χ0) is 10.6. The van der Waals surface area contributed by atoms with E-state index in [1.165, 1.54) is 0 Å². The van der Waals surface area contributed by atoms with Crippen LogP contribution in [0.5, 0.6) is 0 Å². The summed E-state index contributed by atoms with van der Waals surface area (Å²) in [5, 5.41) is 3.42. The molecule has 0 spiro atoms. The van der Waals surface area contributed by atoms with Gasteiger partial charge in [-0.15, -0.1) is 11.6 Å². The quantitative estimate of drug-likeness (QED) is 0.782. The topological polar surface area (TPSA) is 37.8 Å². The van der Waals surface area contributed by atoms with Crippen molar-refractivity contribution in [1.29, 1.82) is 0 Å². The third-order valence-electron chi connectivity index (χ3n) is 1.81. The Morgan fingerprint density at radius 1 is 1.43 bits per heavy atom. The summed E-state index contributed by atoms with van der Waals surface area (Å²) in [6, 6.07) is 1.94. The van der Waals surface area contributed by atoms with E-state index < -0.39 is 0 Å². The van der Waals surface area contributed by atoms with E-state index in [9.17, 15) is 0 Å². The minimum atomic E-state index is 0.200. The van der Waals surface area contributed by atoms with E-state index in [-0.39, 0.29) is 5.38 Å². The van der Waals surface area contributed by atoms with Crippen molar-refractivity contribution in [3.05, 3.63) is 17.6 Å². The predicted octanol–water partition coefficient (Wildman–Crippen LogP) is 2.52. The lowest BCUT2D eigenvalue weighted by Gasteiger charge is -2.07. The Kier molecular flexibility index (Phi) is 4.14.